The minimum Gasteiger partial charge on any atom is -0.461 e. The van der Waals surface area contributed by atoms with Gasteiger partial charge in [0, 0.05) is 23.5 Å². The number of anilines is 1. The van der Waals surface area contributed by atoms with Gasteiger partial charge >= 0.3 is 0 Å². The second kappa shape index (κ2) is 3.86. The lowest BCUT2D eigenvalue weighted by Gasteiger charge is -2.15. The molecule has 3 rings (SSSR count). The van der Waals surface area contributed by atoms with E-state index >= 15 is 0 Å². The molecule has 0 bridgehead atoms. The van der Waals surface area contributed by atoms with Crippen molar-refractivity contribution in [2.75, 3.05) is 18.0 Å². The Labute approximate surface area is 104 Å². The van der Waals surface area contributed by atoms with Crippen LogP contribution in [0.4, 0.5) is 5.69 Å². The number of hydrogen-bond donors (Lipinski definition) is 0. The zero-order valence-corrected chi connectivity index (χ0v) is 10.2. The predicted molar refractivity (Wildman–Crippen MR) is 67.7 cm³/mol. The highest BCUT2D eigenvalue weighted by Crippen LogP contribution is 2.37. The van der Waals surface area contributed by atoms with Gasteiger partial charge in [0.15, 0.2) is 5.58 Å². The highest BCUT2D eigenvalue weighted by atomic mass is 35.5. The average molecular weight is 256 g/mol. The van der Waals surface area contributed by atoms with Gasteiger partial charge in [-0.2, -0.15) is 0 Å². The molecule has 0 atom stereocenters. The van der Waals surface area contributed by atoms with Crippen molar-refractivity contribution < 1.29 is 4.42 Å². The third-order valence-electron chi connectivity index (χ3n) is 3.02. The normalized spacial score (nSPS) is 16.2. The van der Waals surface area contributed by atoms with Crippen molar-refractivity contribution in [3.63, 3.8) is 0 Å². The van der Waals surface area contributed by atoms with Crippen molar-refractivity contribution in [2.24, 2.45) is 0 Å². The van der Waals surface area contributed by atoms with Crippen LogP contribution in [0.25, 0.3) is 11.0 Å². The van der Waals surface area contributed by atoms with Crippen molar-refractivity contribution in [2.45, 2.75) is 12.8 Å². The molecular weight excluding hydrogens is 245 g/mol. The molecule has 84 valence electrons. The van der Waals surface area contributed by atoms with E-state index in [1.807, 2.05) is 6.07 Å². The fourth-order valence-corrected chi connectivity index (χ4v) is 2.79. The van der Waals surface area contributed by atoms with Crippen LogP contribution in [0.1, 0.15) is 12.8 Å². The molecule has 2 aromatic rings. The molecule has 4 heteroatoms. The van der Waals surface area contributed by atoms with Gasteiger partial charge in [-0.05, 0) is 25.0 Å². The summed E-state index contributed by atoms with van der Waals surface area (Å²) in [6.45, 7) is 2.16. The largest absolute Gasteiger partial charge is 0.461 e. The lowest BCUT2D eigenvalue weighted by molar-refractivity contribution is 0.614. The van der Waals surface area contributed by atoms with Crippen molar-refractivity contribution in [3.8, 4) is 0 Å². The molecule has 0 radical (unpaired) electrons. The molecule has 0 N–H and O–H groups in total. The van der Waals surface area contributed by atoms with Gasteiger partial charge in [-0.3, -0.25) is 0 Å². The van der Waals surface area contributed by atoms with Gasteiger partial charge in [0.05, 0.1) is 10.7 Å². The van der Waals surface area contributed by atoms with Gasteiger partial charge in [-0.25, -0.2) is 0 Å². The van der Waals surface area contributed by atoms with Gasteiger partial charge in [-0.1, -0.05) is 23.2 Å². The van der Waals surface area contributed by atoms with Crippen LogP contribution in [-0.2, 0) is 0 Å². The van der Waals surface area contributed by atoms with Crippen LogP contribution in [0.15, 0.2) is 22.8 Å². The molecule has 1 aliphatic heterocycles. The average Bonchev–Trinajstić information content (AvgIpc) is 2.83. The fourth-order valence-electron chi connectivity index (χ4n) is 2.25. The number of benzene rings is 1. The standard InChI is InChI=1S/C12H11Cl2NO/c13-8-5-9-11(15-3-1-2-4-15)7-16-12(9)10(14)6-8/h5-7H,1-4H2. The maximum absolute atomic E-state index is 6.09. The van der Waals surface area contributed by atoms with Gasteiger partial charge in [0.25, 0.3) is 0 Å². The van der Waals surface area contributed by atoms with E-state index in [1.54, 1.807) is 12.3 Å². The molecule has 0 unspecified atom stereocenters. The zero-order chi connectivity index (χ0) is 11.1. The molecule has 1 aromatic heterocycles. The van der Waals surface area contributed by atoms with Gasteiger partial charge in [-0.15, -0.1) is 0 Å². The minimum absolute atomic E-state index is 0.577. The van der Waals surface area contributed by atoms with E-state index in [0.29, 0.717) is 10.0 Å². The summed E-state index contributed by atoms with van der Waals surface area (Å²) in [4.78, 5) is 2.32. The molecule has 2 nitrogen and oxygen atoms in total. The van der Waals surface area contributed by atoms with Crippen LogP contribution in [0.5, 0.6) is 0 Å². The number of fused-ring (bicyclic) bond motifs is 1. The molecule has 1 aromatic carbocycles. The Kier molecular flexibility index (Phi) is 2.49. The third-order valence-corrected chi connectivity index (χ3v) is 3.52. The van der Waals surface area contributed by atoms with Gasteiger partial charge in [0.1, 0.15) is 6.26 Å². The van der Waals surface area contributed by atoms with Crippen LogP contribution in [-0.4, -0.2) is 13.1 Å². The first-order valence-corrected chi connectivity index (χ1v) is 6.12. The quantitative estimate of drug-likeness (QED) is 0.754. The zero-order valence-electron chi connectivity index (χ0n) is 8.67. The lowest BCUT2D eigenvalue weighted by Crippen LogP contribution is -2.16. The summed E-state index contributed by atoms with van der Waals surface area (Å²) < 4.78 is 5.51. The minimum atomic E-state index is 0.577. The number of hydrogen-bond acceptors (Lipinski definition) is 2. The van der Waals surface area contributed by atoms with E-state index in [0.717, 1.165) is 29.7 Å². The first-order chi connectivity index (χ1) is 7.75. The molecule has 0 aliphatic carbocycles. The summed E-state index contributed by atoms with van der Waals surface area (Å²) >= 11 is 12.1. The van der Waals surface area contributed by atoms with Gasteiger partial charge < -0.3 is 9.32 Å². The Hall–Kier alpha value is -0.860. The van der Waals surface area contributed by atoms with E-state index in [9.17, 15) is 0 Å². The van der Waals surface area contributed by atoms with Crippen molar-refractivity contribution in [3.05, 3.63) is 28.4 Å². The van der Waals surface area contributed by atoms with Crippen molar-refractivity contribution >= 4 is 39.9 Å². The van der Waals surface area contributed by atoms with Crippen LogP contribution < -0.4 is 4.90 Å². The van der Waals surface area contributed by atoms with Crippen LogP contribution in [0.3, 0.4) is 0 Å². The topological polar surface area (TPSA) is 16.4 Å². The maximum Gasteiger partial charge on any atom is 0.154 e. The summed E-state index contributed by atoms with van der Waals surface area (Å²) in [5, 5.41) is 2.24. The second-order valence-electron chi connectivity index (χ2n) is 4.08. The van der Waals surface area contributed by atoms with E-state index in [2.05, 4.69) is 4.90 Å². The lowest BCUT2D eigenvalue weighted by atomic mass is 10.2. The van der Waals surface area contributed by atoms with E-state index in [1.165, 1.54) is 12.8 Å². The summed E-state index contributed by atoms with van der Waals surface area (Å²) in [5.41, 5.74) is 1.84. The molecule has 2 heterocycles. The van der Waals surface area contributed by atoms with Crippen LogP contribution in [0, 0.1) is 0 Å². The third kappa shape index (κ3) is 1.57. The number of rotatable bonds is 1. The Balaban J connectivity index is 2.18. The Morgan fingerprint density at radius 3 is 2.62 bits per heavy atom. The first-order valence-electron chi connectivity index (χ1n) is 5.37. The SMILES string of the molecule is Clc1cc(Cl)c2occ(N3CCCC3)c2c1. The fraction of sp³-hybridized carbons (Fsp3) is 0.333. The Morgan fingerprint density at radius 1 is 1.12 bits per heavy atom. The molecule has 1 aliphatic rings. The first kappa shape index (κ1) is 10.3. The molecule has 16 heavy (non-hydrogen) atoms. The maximum atomic E-state index is 6.09. The predicted octanol–water partition coefficient (Wildman–Crippen LogP) is 4.34. The smallest absolute Gasteiger partial charge is 0.154 e. The molecule has 0 saturated carbocycles. The molecule has 1 saturated heterocycles. The van der Waals surface area contributed by atoms with Crippen molar-refractivity contribution in [1.29, 1.82) is 0 Å². The molecular formula is C12H11Cl2NO. The summed E-state index contributed by atoms with van der Waals surface area (Å²) in [6, 6.07) is 3.63. The van der Waals surface area contributed by atoms with E-state index < -0.39 is 0 Å². The summed E-state index contributed by atoms with van der Waals surface area (Å²) in [6.07, 6.45) is 4.25. The number of furan rings is 1. The van der Waals surface area contributed by atoms with E-state index in [4.69, 9.17) is 27.6 Å². The summed E-state index contributed by atoms with van der Waals surface area (Å²) in [7, 11) is 0. The Bertz CT molecular complexity index is 529. The van der Waals surface area contributed by atoms with Crippen molar-refractivity contribution in [1.82, 2.24) is 0 Å². The Morgan fingerprint density at radius 2 is 1.88 bits per heavy atom. The van der Waals surface area contributed by atoms with E-state index in [-0.39, 0.29) is 0 Å². The van der Waals surface area contributed by atoms with Crippen LogP contribution >= 0.6 is 23.2 Å². The monoisotopic (exact) mass is 255 g/mol. The highest BCUT2D eigenvalue weighted by molar-refractivity contribution is 6.38. The van der Waals surface area contributed by atoms with Crippen LogP contribution in [0.2, 0.25) is 10.0 Å². The highest BCUT2D eigenvalue weighted by Gasteiger charge is 2.18. The molecule has 0 amide bonds. The molecule has 0 spiro atoms. The molecule has 1 fully saturated rings. The second-order valence-corrected chi connectivity index (χ2v) is 4.92. The number of halogens is 2. The van der Waals surface area contributed by atoms with Gasteiger partial charge in [0.2, 0.25) is 0 Å². The number of nitrogens with zero attached hydrogens (tertiary/aromatic N) is 1. The summed E-state index contributed by atoms with van der Waals surface area (Å²) in [5.74, 6) is 0.